The van der Waals surface area contributed by atoms with Gasteiger partial charge in [-0.3, -0.25) is 4.98 Å². The summed E-state index contributed by atoms with van der Waals surface area (Å²) in [6.45, 7) is 0.372. The van der Waals surface area contributed by atoms with Crippen LogP contribution in [0.1, 0.15) is 5.56 Å². The molecule has 2 aromatic rings. The van der Waals surface area contributed by atoms with Crippen molar-refractivity contribution in [3.63, 3.8) is 0 Å². The van der Waals surface area contributed by atoms with E-state index in [2.05, 4.69) is 4.98 Å². The van der Waals surface area contributed by atoms with Crippen LogP contribution >= 0.6 is 0 Å². The molecular weight excluding hydrogens is 219 g/mol. The Hall–Kier alpha value is -2.10. The number of anilines is 1. The monoisotopic (exact) mass is 232 g/mol. The van der Waals surface area contributed by atoms with Gasteiger partial charge in [-0.15, -0.1) is 0 Å². The normalized spacial score (nSPS) is 10.2. The molecule has 0 unspecified atom stereocenters. The number of aromatic nitrogens is 1. The van der Waals surface area contributed by atoms with Crippen LogP contribution in [0.15, 0.2) is 42.7 Å². The van der Waals surface area contributed by atoms with E-state index in [1.807, 2.05) is 12.1 Å². The summed E-state index contributed by atoms with van der Waals surface area (Å²) in [6.07, 6.45) is 4.13. The second-order valence-corrected chi connectivity index (χ2v) is 3.62. The number of halogens is 1. The lowest BCUT2D eigenvalue weighted by molar-refractivity contribution is 0.307. The highest BCUT2D eigenvalue weighted by Crippen LogP contribution is 2.24. The maximum atomic E-state index is 13.4. The molecule has 0 aliphatic carbocycles. The number of nitrogens with two attached hydrogens (primary N) is 1. The molecule has 0 radical (unpaired) electrons. The van der Waals surface area contributed by atoms with Crippen molar-refractivity contribution in [2.24, 2.45) is 0 Å². The van der Waals surface area contributed by atoms with E-state index in [4.69, 9.17) is 10.5 Å². The summed E-state index contributed by atoms with van der Waals surface area (Å²) in [5.41, 5.74) is 6.98. The lowest BCUT2D eigenvalue weighted by atomic mass is 10.2. The standard InChI is InChI=1S/C13H13FN2O/c14-11-4-1-5-12(15)13(11)17-8-6-10-3-2-7-16-9-10/h1-5,7,9H,6,8,15H2. The van der Waals surface area contributed by atoms with Gasteiger partial charge in [-0.1, -0.05) is 12.1 Å². The van der Waals surface area contributed by atoms with Crippen LogP contribution in [0.3, 0.4) is 0 Å². The number of nitrogens with zero attached hydrogens (tertiary/aromatic N) is 1. The predicted octanol–water partition coefficient (Wildman–Crippen LogP) is 2.42. The van der Waals surface area contributed by atoms with Crippen LogP contribution in [0, 0.1) is 5.82 Å². The molecule has 0 fully saturated rings. The quantitative estimate of drug-likeness (QED) is 0.823. The first-order valence-electron chi connectivity index (χ1n) is 5.33. The Kier molecular flexibility index (Phi) is 3.55. The van der Waals surface area contributed by atoms with Crippen LogP contribution in [-0.4, -0.2) is 11.6 Å². The number of benzene rings is 1. The van der Waals surface area contributed by atoms with Gasteiger partial charge in [0.15, 0.2) is 11.6 Å². The topological polar surface area (TPSA) is 48.1 Å². The largest absolute Gasteiger partial charge is 0.488 e. The molecule has 0 atom stereocenters. The maximum Gasteiger partial charge on any atom is 0.177 e. The second kappa shape index (κ2) is 5.30. The Morgan fingerprint density at radius 3 is 2.82 bits per heavy atom. The smallest absolute Gasteiger partial charge is 0.177 e. The van der Waals surface area contributed by atoms with E-state index in [9.17, 15) is 4.39 Å². The summed E-state index contributed by atoms with van der Waals surface area (Å²) in [6, 6.07) is 8.30. The summed E-state index contributed by atoms with van der Waals surface area (Å²) in [5.74, 6) is -0.312. The SMILES string of the molecule is Nc1cccc(F)c1OCCc1cccnc1. The molecule has 3 nitrogen and oxygen atoms in total. The third-order valence-corrected chi connectivity index (χ3v) is 2.36. The minimum atomic E-state index is -0.434. The van der Waals surface area contributed by atoms with Gasteiger partial charge in [-0.25, -0.2) is 4.39 Å². The van der Waals surface area contributed by atoms with Gasteiger partial charge in [0.05, 0.1) is 12.3 Å². The number of nitrogen functional groups attached to an aromatic ring is 1. The lowest BCUT2D eigenvalue weighted by Crippen LogP contribution is -2.05. The molecule has 0 aliphatic heterocycles. The first-order chi connectivity index (χ1) is 8.27. The first-order valence-corrected chi connectivity index (χ1v) is 5.33. The molecular formula is C13H13FN2O. The van der Waals surface area contributed by atoms with Crippen LogP contribution in [0.25, 0.3) is 0 Å². The molecule has 0 spiro atoms. The maximum absolute atomic E-state index is 13.4. The minimum absolute atomic E-state index is 0.122. The van der Waals surface area contributed by atoms with E-state index in [0.29, 0.717) is 18.7 Å². The molecule has 2 N–H and O–H groups in total. The molecule has 1 aromatic carbocycles. The molecule has 0 saturated heterocycles. The molecule has 1 aromatic heterocycles. The second-order valence-electron chi connectivity index (χ2n) is 3.62. The third-order valence-electron chi connectivity index (χ3n) is 2.36. The van der Waals surface area contributed by atoms with Crippen LogP contribution in [0.5, 0.6) is 5.75 Å². The van der Waals surface area contributed by atoms with Crippen molar-refractivity contribution in [1.82, 2.24) is 4.98 Å². The van der Waals surface area contributed by atoms with Gasteiger partial charge >= 0.3 is 0 Å². The van der Waals surface area contributed by atoms with E-state index in [1.165, 1.54) is 6.07 Å². The molecule has 0 bridgehead atoms. The fraction of sp³-hybridized carbons (Fsp3) is 0.154. The zero-order valence-electron chi connectivity index (χ0n) is 9.27. The summed E-state index contributed by atoms with van der Waals surface area (Å²) < 4.78 is 18.7. The van der Waals surface area contributed by atoms with E-state index in [-0.39, 0.29) is 5.75 Å². The van der Waals surface area contributed by atoms with Crippen molar-refractivity contribution in [2.45, 2.75) is 6.42 Å². The number of ether oxygens (including phenoxy) is 1. The number of hydrogen-bond acceptors (Lipinski definition) is 3. The molecule has 0 saturated carbocycles. The Morgan fingerprint density at radius 2 is 2.12 bits per heavy atom. The molecule has 2 rings (SSSR count). The Bertz CT molecular complexity index is 468. The van der Waals surface area contributed by atoms with Crippen LogP contribution < -0.4 is 10.5 Å². The fourth-order valence-electron chi connectivity index (χ4n) is 1.49. The summed E-state index contributed by atoms with van der Waals surface area (Å²) in [7, 11) is 0. The van der Waals surface area contributed by atoms with E-state index in [0.717, 1.165) is 5.56 Å². The van der Waals surface area contributed by atoms with Crippen molar-refractivity contribution < 1.29 is 9.13 Å². The van der Waals surface area contributed by atoms with E-state index in [1.54, 1.807) is 24.5 Å². The number of para-hydroxylation sites is 1. The molecule has 88 valence electrons. The number of rotatable bonds is 4. The van der Waals surface area contributed by atoms with Gasteiger partial charge in [0.1, 0.15) is 0 Å². The highest BCUT2D eigenvalue weighted by atomic mass is 19.1. The van der Waals surface area contributed by atoms with Crippen LogP contribution in [-0.2, 0) is 6.42 Å². The van der Waals surface area contributed by atoms with Gasteiger partial charge in [-0.2, -0.15) is 0 Å². The van der Waals surface area contributed by atoms with Gasteiger partial charge < -0.3 is 10.5 Å². The van der Waals surface area contributed by atoms with Gasteiger partial charge in [0.25, 0.3) is 0 Å². The summed E-state index contributed by atoms with van der Waals surface area (Å²) >= 11 is 0. The minimum Gasteiger partial charge on any atom is -0.488 e. The Morgan fingerprint density at radius 1 is 1.24 bits per heavy atom. The number of hydrogen-bond donors (Lipinski definition) is 1. The third kappa shape index (κ3) is 2.93. The highest BCUT2D eigenvalue weighted by molar-refractivity contribution is 5.52. The zero-order chi connectivity index (χ0) is 12.1. The molecule has 4 heteroatoms. The van der Waals surface area contributed by atoms with Crippen LogP contribution in [0.2, 0.25) is 0 Å². The summed E-state index contributed by atoms with van der Waals surface area (Å²) in [4.78, 5) is 3.99. The fourth-order valence-corrected chi connectivity index (χ4v) is 1.49. The Balaban J connectivity index is 1.95. The molecule has 0 amide bonds. The van der Waals surface area contributed by atoms with Crippen molar-refractivity contribution in [3.8, 4) is 5.75 Å². The van der Waals surface area contributed by atoms with Crippen LogP contribution in [0.4, 0.5) is 10.1 Å². The predicted molar refractivity (Wildman–Crippen MR) is 64.2 cm³/mol. The van der Waals surface area contributed by atoms with Crippen molar-refractivity contribution >= 4 is 5.69 Å². The Labute approximate surface area is 99.1 Å². The van der Waals surface area contributed by atoms with Crippen molar-refractivity contribution in [3.05, 3.63) is 54.1 Å². The van der Waals surface area contributed by atoms with E-state index < -0.39 is 5.82 Å². The summed E-state index contributed by atoms with van der Waals surface area (Å²) in [5, 5.41) is 0. The average Bonchev–Trinajstić information content (AvgIpc) is 2.34. The first kappa shape index (κ1) is 11.4. The molecule has 1 heterocycles. The van der Waals surface area contributed by atoms with E-state index >= 15 is 0 Å². The van der Waals surface area contributed by atoms with Gasteiger partial charge in [-0.05, 0) is 23.8 Å². The molecule has 0 aliphatic rings. The van der Waals surface area contributed by atoms with Crippen molar-refractivity contribution in [2.75, 3.05) is 12.3 Å². The average molecular weight is 232 g/mol. The highest BCUT2D eigenvalue weighted by Gasteiger charge is 2.06. The molecule has 17 heavy (non-hydrogen) atoms. The zero-order valence-corrected chi connectivity index (χ0v) is 9.27. The van der Waals surface area contributed by atoms with Crippen molar-refractivity contribution in [1.29, 1.82) is 0 Å². The van der Waals surface area contributed by atoms with Gasteiger partial charge in [0, 0.05) is 18.8 Å². The lowest BCUT2D eigenvalue weighted by Gasteiger charge is -2.09. The van der Waals surface area contributed by atoms with Gasteiger partial charge in [0.2, 0.25) is 0 Å². The number of pyridine rings is 1.